The molecule has 25 heavy (non-hydrogen) atoms. The van der Waals surface area contributed by atoms with Gasteiger partial charge in [0.25, 0.3) is 5.91 Å². The Morgan fingerprint density at radius 1 is 1.32 bits per heavy atom. The van der Waals surface area contributed by atoms with Gasteiger partial charge in [0, 0.05) is 22.4 Å². The number of amides is 1. The molecule has 0 saturated heterocycles. The first-order valence-electron chi connectivity index (χ1n) is 7.88. The molecule has 0 bridgehead atoms. The second-order valence-electron chi connectivity index (χ2n) is 5.69. The van der Waals surface area contributed by atoms with E-state index in [-0.39, 0.29) is 5.69 Å². The Labute approximate surface area is 154 Å². The molecule has 5 nitrogen and oxygen atoms in total. The van der Waals surface area contributed by atoms with Crippen molar-refractivity contribution in [3.63, 3.8) is 0 Å². The number of aryl methyl sites for hydroxylation is 1. The highest BCUT2D eigenvalue weighted by Gasteiger charge is 2.23. The first kappa shape index (κ1) is 19.2. The monoisotopic (exact) mass is 410 g/mol. The molecule has 1 aromatic carbocycles. The third-order valence-electron chi connectivity index (χ3n) is 3.95. The minimum absolute atomic E-state index is 0.0280. The van der Waals surface area contributed by atoms with Crippen molar-refractivity contribution in [3.8, 4) is 0 Å². The van der Waals surface area contributed by atoms with Gasteiger partial charge in [-0.1, -0.05) is 15.9 Å². The predicted molar refractivity (Wildman–Crippen MR) is 97.2 cm³/mol. The lowest BCUT2D eigenvalue weighted by Gasteiger charge is -2.14. The summed E-state index contributed by atoms with van der Waals surface area (Å²) in [6.45, 7) is 7.90. The lowest BCUT2D eigenvalue weighted by molar-refractivity contribution is -0.123. The van der Waals surface area contributed by atoms with Crippen LogP contribution in [0.15, 0.2) is 28.7 Å². The fourth-order valence-electron chi connectivity index (χ4n) is 2.60. The van der Waals surface area contributed by atoms with Gasteiger partial charge in [-0.25, -0.2) is 9.18 Å². The van der Waals surface area contributed by atoms with E-state index in [0.29, 0.717) is 10.0 Å². The number of esters is 1. The Hall–Kier alpha value is -2.15. The number of aromatic nitrogens is 1. The summed E-state index contributed by atoms with van der Waals surface area (Å²) in [5.41, 5.74) is 2.19. The van der Waals surface area contributed by atoms with Crippen molar-refractivity contribution in [2.45, 2.75) is 40.3 Å². The average Bonchev–Trinajstić information content (AvgIpc) is 2.84. The maximum Gasteiger partial charge on any atom is 0.340 e. The topological polar surface area (TPSA) is 60.3 Å². The molecule has 134 valence electrons. The number of carbonyl (C=O) groups excluding carboxylic acids is 2. The van der Waals surface area contributed by atoms with Crippen molar-refractivity contribution < 1.29 is 18.7 Å². The number of nitrogens with zero attached hydrogens (tertiary/aromatic N) is 1. The van der Waals surface area contributed by atoms with Crippen LogP contribution in [0.4, 0.5) is 10.1 Å². The van der Waals surface area contributed by atoms with Crippen LogP contribution in [0.1, 0.15) is 35.6 Å². The van der Waals surface area contributed by atoms with Gasteiger partial charge in [0.2, 0.25) is 0 Å². The van der Waals surface area contributed by atoms with Gasteiger partial charge in [0.15, 0.2) is 6.10 Å². The molecule has 0 aliphatic heterocycles. The SMILES string of the molecule is CCn1c(C)cc(C(=O)O[C@H](C)C(=O)Nc2ccc(Br)cc2F)c1C. The number of anilines is 1. The minimum Gasteiger partial charge on any atom is -0.449 e. The van der Waals surface area contributed by atoms with Crippen molar-refractivity contribution in [1.82, 2.24) is 4.57 Å². The van der Waals surface area contributed by atoms with E-state index in [9.17, 15) is 14.0 Å². The summed E-state index contributed by atoms with van der Waals surface area (Å²) in [5, 5.41) is 2.42. The van der Waals surface area contributed by atoms with Crippen molar-refractivity contribution in [2.24, 2.45) is 0 Å². The van der Waals surface area contributed by atoms with Crippen LogP contribution in [0.25, 0.3) is 0 Å². The number of ether oxygens (including phenoxy) is 1. The number of halogens is 2. The van der Waals surface area contributed by atoms with Gasteiger partial charge in [-0.15, -0.1) is 0 Å². The Balaban J connectivity index is 2.07. The summed E-state index contributed by atoms with van der Waals surface area (Å²) < 4.78 is 21.6. The standard InChI is InChI=1S/C18H20BrFN2O3/c1-5-22-10(2)8-14(11(22)3)18(24)25-12(4)17(23)21-16-7-6-13(19)9-15(16)20/h6-9,12H,5H2,1-4H3,(H,21,23)/t12-/m1/s1. The smallest absolute Gasteiger partial charge is 0.340 e. The summed E-state index contributed by atoms with van der Waals surface area (Å²) in [6.07, 6.45) is -1.06. The second kappa shape index (κ2) is 7.82. The van der Waals surface area contributed by atoms with E-state index in [1.807, 2.05) is 25.3 Å². The third kappa shape index (κ3) is 4.28. The summed E-state index contributed by atoms with van der Waals surface area (Å²) in [7, 11) is 0. The quantitative estimate of drug-likeness (QED) is 0.750. The molecule has 7 heteroatoms. The predicted octanol–water partition coefficient (Wildman–Crippen LogP) is 4.21. The van der Waals surface area contributed by atoms with E-state index < -0.39 is 23.8 Å². The van der Waals surface area contributed by atoms with Gasteiger partial charge < -0.3 is 14.6 Å². The van der Waals surface area contributed by atoms with Crippen LogP contribution in [0.3, 0.4) is 0 Å². The van der Waals surface area contributed by atoms with Crippen LogP contribution in [0.2, 0.25) is 0 Å². The van der Waals surface area contributed by atoms with E-state index in [0.717, 1.165) is 17.9 Å². The minimum atomic E-state index is -1.06. The average molecular weight is 411 g/mol. The highest BCUT2D eigenvalue weighted by molar-refractivity contribution is 9.10. The van der Waals surface area contributed by atoms with Crippen molar-refractivity contribution in [2.75, 3.05) is 5.32 Å². The number of rotatable bonds is 5. The zero-order valence-corrected chi connectivity index (χ0v) is 16.1. The highest BCUT2D eigenvalue weighted by atomic mass is 79.9. The number of nitrogens with one attached hydrogen (secondary N) is 1. The fraction of sp³-hybridized carbons (Fsp3) is 0.333. The van der Waals surface area contributed by atoms with Gasteiger partial charge in [0.1, 0.15) is 5.82 Å². The summed E-state index contributed by atoms with van der Waals surface area (Å²) in [5.74, 6) is -1.75. The molecular formula is C18H20BrFN2O3. The largest absolute Gasteiger partial charge is 0.449 e. The number of carbonyl (C=O) groups is 2. The van der Waals surface area contributed by atoms with Gasteiger partial charge in [0.05, 0.1) is 11.3 Å². The molecule has 0 fully saturated rings. The zero-order valence-electron chi connectivity index (χ0n) is 14.5. The van der Waals surface area contributed by atoms with Crippen LogP contribution >= 0.6 is 15.9 Å². The Bertz CT molecular complexity index is 817. The van der Waals surface area contributed by atoms with Crippen LogP contribution in [0, 0.1) is 19.7 Å². The molecule has 0 unspecified atom stereocenters. The summed E-state index contributed by atoms with van der Waals surface area (Å²) in [6, 6.07) is 6.02. The molecule has 1 aromatic heterocycles. The van der Waals surface area contributed by atoms with Crippen molar-refractivity contribution >= 4 is 33.5 Å². The van der Waals surface area contributed by atoms with E-state index in [1.165, 1.54) is 19.1 Å². The molecular weight excluding hydrogens is 391 g/mol. The van der Waals surface area contributed by atoms with E-state index in [1.54, 1.807) is 12.1 Å². The maximum absolute atomic E-state index is 13.8. The van der Waals surface area contributed by atoms with E-state index in [2.05, 4.69) is 21.2 Å². The van der Waals surface area contributed by atoms with Crippen LogP contribution in [0.5, 0.6) is 0 Å². The van der Waals surface area contributed by atoms with Crippen molar-refractivity contribution in [1.29, 1.82) is 0 Å². The van der Waals surface area contributed by atoms with E-state index >= 15 is 0 Å². The van der Waals surface area contributed by atoms with Crippen LogP contribution in [-0.4, -0.2) is 22.5 Å². The maximum atomic E-state index is 13.8. The molecule has 2 rings (SSSR count). The second-order valence-corrected chi connectivity index (χ2v) is 6.61. The molecule has 1 atom stereocenters. The third-order valence-corrected chi connectivity index (χ3v) is 4.45. The summed E-state index contributed by atoms with van der Waals surface area (Å²) in [4.78, 5) is 24.5. The Kier molecular flexibility index (Phi) is 6.00. The normalized spacial score (nSPS) is 11.9. The zero-order chi connectivity index (χ0) is 18.7. The molecule has 1 amide bonds. The van der Waals surface area contributed by atoms with Gasteiger partial charge in [-0.3, -0.25) is 4.79 Å². The molecule has 0 saturated carbocycles. The number of hydrogen-bond acceptors (Lipinski definition) is 3. The first-order valence-corrected chi connectivity index (χ1v) is 8.67. The number of benzene rings is 1. The molecule has 1 heterocycles. The molecule has 0 aliphatic carbocycles. The molecule has 1 N–H and O–H groups in total. The van der Waals surface area contributed by atoms with Gasteiger partial charge in [-0.05, 0) is 52.0 Å². The fourth-order valence-corrected chi connectivity index (χ4v) is 2.93. The summed E-state index contributed by atoms with van der Waals surface area (Å²) >= 11 is 3.15. The highest BCUT2D eigenvalue weighted by Crippen LogP contribution is 2.20. The van der Waals surface area contributed by atoms with Crippen LogP contribution < -0.4 is 5.32 Å². The first-order chi connectivity index (χ1) is 11.7. The molecule has 0 spiro atoms. The van der Waals surface area contributed by atoms with E-state index in [4.69, 9.17) is 4.74 Å². The van der Waals surface area contributed by atoms with Gasteiger partial charge in [-0.2, -0.15) is 0 Å². The Morgan fingerprint density at radius 2 is 2.00 bits per heavy atom. The molecule has 2 aromatic rings. The number of hydrogen-bond donors (Lipinski definition) is 1. The molecule has 0 radical (unpaired) electrons. The van der Waals surface area contributed by atoms with Crippen LogP contribution in [-0.2, 0) is 16.1 Å². The lowest BCUT2D eigenvalue weighted by atomic mass is 10.2. The molecule has 0 aliphatic rings. The van der Waals surface area contributed by atoms with Gasteiger partial charge >= 0.3 is 5.97 Å². The Morgan fingerprint density at radius 3 is 2.56 bits per heavy atom. The lowest BCUT2D eigenvalue weighted by Crippen LogP contribution is -2.30. The van der Waals surface area contributed by atoms with Crippen molar-refractivity contribution in [3.05, 3.63) is 51.5 Å².